The lowest BCUT2D eigenvalue weighted by molar-refractivity contribution is 0.0514. The molecule has 3 heterocycles. The molecule has 1 saturated heterocycles. The topological polar surface area (TPSA) is 67.4 Å². The maximum atomic E-state index is 12.5. The molecule has 0 aliphatic carbocycles. The minimum Gasteiger partial charge on any atom is -0.376 e. The molecule has 6 nitrogen and oxygen atoms in total. The summed E-state index contributed by atoms with van der Waals surface area (Å²) in [5.41, 5.74) is 3.85. The van der Waals surface area contributed by atoms with Gasteiger partial charge in [-0.3, -0.25) is 0 Å². The first kappa shape index (κ1) is 17.9. The molecule has 0 saturated carbocycles. The Kier molecular flexibility index (Phi) is 4.60. The Labute approximate surface area is 160 Å². The van der Waals surface area contributed by atoms with Crippen molar-refractivity contribution in [1.29, 1.82) is 0 Å². The smallest absolute Gasteiger partial charge is 0.317 e. The first-order valence-electron chi connectivity index (χ1n) is 9.55. The second kappa shape index (κ2) is 6.93. The van der Waals surface area contributed by atoms with Gasteiger partial charge in [0.15, 0.2) is 5.82 Å². The van der Waals surface area contributed by atoms with Crippen LogP contribution in [-0.2, 0) is 16.8 Å². The fraction of sp³-hybridized carbons (Fsp3) is 0.476. The lowest BCUT2D eigenvalue weighted by Gasteiger charge is -2.35. The van der Waals surface area contributed by atoms with Gasteiger partial charge in [-0.15, -0.1) is 0 Å². The first-order chi connectivity index (χ1) is 13.0. The van der Waals surface area contributed by atoms with Gasteiger partial charge in [-0.1, -0.05) is 30.3 Å². The van der Waals surface area contributed by atoms with Gasteiger partial charge in [0, 0.05) is 36.0 Å². The van der Waals surface area contributed by atoms with Crippen LogP contribution >= 0.6 is 0 Å². The van der Waals surface area contributed by atoms with Crippen molar-refractivity contribution in [2.45, 2.75) is 45.3 Å². The van der Waals surface area contributed by atoms with Crippen molar-refractivity contribution in [3.05, 3.63) is 47.3 Å². The van der Waals surface area contributed by atoms with E-state index in [0.717, 1.165) is 34.8 Å². The van der Waals surface area contributed by atoms with Gasteiger partial charge in [-0.2, -0.15) is 0 Å². The van der Waals surface area contributed by atoms with Crippen LogP contribution in [0.5, 0.6) is 0 Å². The second-order valence-corrected chi connectivity index (χ2v) is 7.87. The van der Waals surface area contributed by atoms with Crippen LogP contribution in [0.1, 0.15) is 37.2 Å². The quantitative estimate of drug-likeness (QED) is 0.887. The number of rotatable bonds is 2. The third-order valence-electron chi connectivity index (χ3n) is 5.43. The van der Waals surface area contributed by atoms with Crippen LogP contribution in [0.4, 0.5) is 4.79 Å². The standard InChI is InChI=1S/C21H26N4O2/c1-14(2)22-20(26)25-10-9-21(12-25)13-27-11-17-15(3)23-19(24-18(17)21)16-7-5-4-6-8-16/h4-8,14H,9-13H2,1-3H3,(H,22,26)/t21-/m0/s1. The van der Waals surface area contributed by atoms with Crippen LogP contribution in [0.15, 0.2) is 30.3 Å². The molecule has 4 rings (SSSR count). The van der Waals surface area contributed by atoms with E-state index in [9.17, 15) is 4.79 Å². The summed E-state index contributed by atoms with van der Waals surface area (Å²) in [6.45, 7) is 8.45. The van der Waals surface area contributed by atoms with Crippen molar-refractivity contribution in [3.8, 4) is 11.4 Å². The van der Waals surface area contributed by atoms with E-state index in [2.05, 4.69) is 5.32 Å². The number of benzene rings is 1. The molecule has 2 aromatic rings. The molecule has 1 fully saturated rings. The van der Waals surface area contributed by atoms with Crippen molar-refractivity contribution < 1.29 is 9.53 Å². The predicted octanol–water partition coefficient (Wildman–Crippen LogP) is 3.04. The number of carbonyl (C=O) groups is 1. The zero-order valence-electron chi connectivity index (χ0n) is 16.2. The third-order valence-corrected chi connectivity index (χ3v) is 5.43. The Hall–Kier alpha value is -2.47. The third kappa shape index (κ3) is 3.30. The Bertz CT molecular complexity index is 853. The van der Waals surface area contributed by atoms with Crippen LogP contribution in [0.2, 0.25) is 0 Å². The normalized spacial score (nSPS) is 21.6. The molecule has 1 aromatic heterocycles. The van der Waals surface area contributed by atoms with Gasteiger partial charge in [0.1, 0.15) is 0 Å². The van der Waals surface area contributed by atoms with E-state index in [4.69, 9.17) is 14.7 Å². The number of fused-ring (bicyclic) bond motifs is 2. The minimum absolute atomic E-state index is 0.0111. The number of hydrogen-bond donors (Lipinski definition) is 1. The highest BCUT2D eigenvalue weighted by atomic mass is 16.5. The van der Waals surface area contributed by atoms with Crippen LogP contribution < -0.4 is 5.32 Å². The molecule has 2 aliphatic heterocycles. The number of ether oxygens (including phenoxy) is 1. The second-order valence-electron chi connectivity index (χ2n) is 7.87. The van der Waals surface area contributed by atoms with E-state index in [1.807, 2.05) is 56.0 Å². The number of aryl methyl sites for hydroxylation is 1. The molecule has 1 spiro atoms. The number of nitrogens with one attached hydrogen (secondary N) is 1. The van der Waals surface area contributed by atoms with Gasteiger partial charge in [0.2, 0.25) is 0 Å². The SMILES string of the molecule is Cc1nc(-c2ccccc2)nc2c1COC[C@@]21CCN(C(=O)NC(C)C)C1. The summed E-state index contributed by atoms with van der Waals surface area (Å²) in [4.78, 5) is 24.1. The van der Waals surface area contributed by atoms with E-state index in [-0.39, 0.29) is 17.5 Å². The van der Waals surface area contributed by atoms with Gasteiger partial charge >= 0.3 is 6.03 Å². The van der Waals surface area contributed by atoms with Crippen molar-refractivity contribution in [2.24, 2.45) is 0 Å². The number of amides is 2. The van der Waals surface area contributed by atoms with Crippen molar-refractivity contribution >= 4 is 6.03 Å². The van der Waals surface area contributed by atoms with Gasteiger partial charge < -0.3 is 15.0 Å². The van der Waals surface area contributed by atoms with E-state index in [1.165, 1.54) is 0 Å². The monoisotopic (exact) mass is 366 g/mol. The predicted molar refractivity (Wildman–Crippen MR) is 103 cm³/mol. The highest BCUT2D eigenvalue weighted by molar-refractivity contribution is 5.75. The largest absolute Gasteiger partial charge is 0.376 e. The lowest BCUT2D eigenvalue weighted by atomic mass is 9.80. The van der Waals surface area contributed by atoms with E-state index >= 15 is 0 Å². The molecular weight excluding hydrogens is 340 g/mol. The Morgan fingerprint density at radius 1 is 1.26 bits per heavy atom. The fourth-order valence-corrected chi connectivity index (χ4v) is 4.04. The molecule has 2 amide bonds. The minimum atomic E-state index is -0.251. The molecule has 1 atom stereocenters. The molecule has 6 heteroatoms. The van der Waals surface area contributed by atoms with Gasteiger partial charge in [-0.25, -0.2) is 14.8 Å². The average molecular weight is 366 g/mol. The van der Waals surface area contributed by atoms with Crippen molar-refractivity contribution in [2.75, 3.05) is 19.7 Å². The van der Waals surface area contributed by atoms with E-state index < -0.39 is 0 Å². The van der Waals surface area contributed by atoms with Gasteiger partial charge in [0.25, 0.3) is 0 Å². The molecule has 0 bridgehead atoms. The number of likely N-dealkylation sites (tertiary alicyclic amines) is 1. The lowest BCUT2D eigenvalue weighted by Crippen LogP contribution is -2.46. The Morgan fingerprint density at radius 3 is 2.78 bits per heavy atom. The molecule has 142 valence electrons. The number of nitrogens with zero attached hydrogens (tertiary/aromatic N) is 3. The summed E-state index contributed by atoms with van der Waals surface area (Å²) in [5.74, 6) is 0.748. The van der Waals surface area contributed by atoms with Crippen molar-refractivity contribution in [1.82, 2.24) is 20.2 Å². The fourth-order valence-electron chi connectivity index (χ4n) is 4.04. The van der Waals surface area contributed by atoms with Crippen LogP contribution in [0, 0.1) is 6.92 Å². The van der Waals surface area contributed by atoms with Crippen LogP contribution in [-0.4, -0.2) is 46.6 Å². The van der Waals surface area contributed by atoms with Crippen LogP contribution in [0.3, 0.4) is 0 Å². The highest BCUT2D eigenvalue weighted by Gasteiger charge is 2.46. The summed E-state index contributed by atoms with van der Waals surface area (Å²) in [5, 5.41) is 2.99. The van der Waals surface area contributed by atoms with Gasteiger partial charge in [0.05, 0.1) is 24.3 Å². The first-order valence-corrected chi connectivity index (χ1v) is 9.55. The van der Waals surface area contributed by atoms with Crippen LogP contribution in [0.25, 0.3) is 11.4 Å². The molecular formula is C21H26N4O2. The average Bonchev–Trinajstić information content (AvgIpc) is 3.08. The molecule has 27 heavy (non-hydrogen) atoms. The summed E-state index contributed by atoms with van der Waals surface area (Å²) in [6.07, 6.45) is 0.857. The van der Waals surface area contributed by atoms with E-state index in [1.54, 1.807) is 0 Å². The highest BCUT2D eigenvalue weighted by Crippen LogP contribution is 2.40. The summed E-state index contributed by atoms with van der Waals surface area (Å²) in [6, 6.07) is 10.2. The maximum absolute atomic E-state index is 12.5. The summed E-state index contributed by atoms with van der Waals surface area (Å²) < 4.78 is 5.93. The maximum Gasteiger partial charge on any atom is 0.317 e. The molecule has 1 aromatic carbocycles. The number of aromatic nitrogens is 2. The van der Waals surface area contributed by atoms with E-state index in [0.29, 0.717) is 26.3 Å². The Morgan fingerprint density at radius 2 is 2.04 bits per heavy atom. The molecule has 2 aliphatic rings. The summed E-state index contributed by atoms with van der Waals surface area (Å²) in [7, 11) is 0. The number of carbonyl (C=O) groups excluding carboxylic acids is 1. The summed E-state index contributed by atoms with van der Waals surface area (Å²) >= 11 is 0. The molecule has 1 N–H and O–H groups in total. The molecule has 0 radical (unpaired) electrons. The zero-order chi connectivity index (χ0) is 19.0. The molecule has 0 unspecified atom stereocenters. The number of hydrogen-bond acceptors (Lipinski definition) is 4. The van der Waals surface area contributed by atoms with Crippen molar-refractivity contribution in [3.63, 3.8) is 0 Å². The zero-order valence-corrected chi connectivity index (χ0v) is 16.2. The Balaban J connectivity index is 1.71. The van der Waals surface area contributed by atoms with Gasteiger partial charge in [-0.05, 0) is 27.2 Å². The number of urea groups is 1.